The van der Waals surface area contributed by atoms with Crippen LogP contribution < -0.4 is 28.3 Å². The van der Waals surface area contributed by atoms with Crippen molar-refractivity contribution in [1.82, 2.24) is 5.32 Å². The average molecular weight is 377 g/mol. The zero-order valence-electron chi connectivity index (χ0n) is 15.2. The van der Waals surface area contributed by atoms with Crippen LogP contribution in [-0.4, -0.2) is 58.6 Å². The number of carbonyl (C=O) groups excluding carboxylic acids is 2. The number of carboxylic acids is 2. The number of nitrogens with one attached hydrogen (secondary N) is 1. The molecule has 26 heavy (non-hydrogen) atoms. The van der Waals surface area contributed by atoms with Gasteiger partial charge in [-0.25, -0.2) is 0 Å². The fraction of sp³-hybridized carbons (Fsp3) is 0.733. The number of aliphatic carboxylic acids is 2. The van der Waals surface area contributed by atoms with Gasteiger partial charge in [0.15, 0.2) is 0 Å². The van der Waals surface area contributed by atoms with Crippen LogP contribution in [0.15, 0.2) is 0 Å². The van der Waals surface area contributed by atoms with Gasteiger partial charge in [-0.2, -0.15) is 0 Å². The van der Waals surface area contributed by atoms with E-state index in [4.69, 9.17) is 33.1 Å². The molecule has 3 atom stereocenters. The second-order valence-corrected chi connectivity index (χ2v) is 6.11. The SMILES string of the molecule is CC(C)[C@H](N)C(=O)O.NC(=O)CC[C@H](N)C(N)=O.O=C(O)[C@@H]1CCCN1. The summed E-state index contributed by atoms with van der Waals surface area (Å²) in [5.74, 6) is -2.71. The Morgan fingerprint density at radius 3 is 1.85 bits per heavy atom. The van der Waals surface area contributed by atoms with E-state index in [1.165, 1.54) is 0 Å². The first-order chi connectivity index (χ1) is 11.9. The molecule has 0 bridgehead atoms. The summed E-state index contributed by atoms with van der Waals surface area (Å²) in [6.45, 7) is 4.41. The highest BCUT2D eigenvalue weighted by molar-refractivity contribution is 5.81. The van der Waals surface area contributed by atoms with Gasteiger partial charge in [0.25, 0.3) is 0 Å². The van der Waals surface area contributed by atoms with Gasteiger partial charge in [-0.05, 0) is 31.7 Å². The molecule has 2 amide bonds. The van der Waals surface area contributed by atoms with Gasteiger partial charge in [-0.15, -0.1) is 0 Å². The number of hydrogen-bond donors (Lipinski definition) is 7. The second-order valence-electron chi connectivity index (χ2n) is 6.11. The van der Waals surface area contributed by atoms with Crippen molar-refractivity contribution in [1.29, 1.82) is 0 Å². The van der Waals surface area contributed by atoms with Crippen LogP contribution in [0.2, 0.25) is 0 Å². The third-order valence-electron chi connectivity index (χ3n) is 3.43. The molecule has 1 heterocycles. The van der Waals surface area contributed by atoms with Crippen molar-refractivity contribution < 1.29 is 29.4 Å². The average Bonchev–Trinajstić information content (AvgIpc) is 3.07. The summed E-state index contributed by atoms with van der Waals surface area (Å²) in [5.41, 5.74) is 19.9. The van der Waals surface area contributed by atoms with E-state index in [1.54, 1.807) is 13.8 Å². The topological polar surface area (TPSA) is 225 Å². The van der Waals surface area contributed by atoms with E-state index >= 15 is 0 Å². The van der Waals surface area contributed by atoms with Gasteiger partial charge < -0.3 is 38.5 Å². The summed E-state index contributed by atoms with van der Waals surface area (Å²) >= 11 is 0. The molecule has 11 nitrogen and oxygen atoms in total. The zero-order valence-corrected chi connectivity index (χ0v) is 15.2. The Kier molecular flexibility index (Phi) is 14.0. The first-order valence-electron chi connectivity index (χ1n) is 8.17. The maximum Gasteiger partial charge on any atom is 0.320 e. The molecule has 0 aromatic heterocycles. The minimum absolute atomic E-state index is 0.0208. The lowest BCUT2D eigenvalue weighted by Crippen LogP contribution is -2.37. The molecule has 0 aromatic carbocycles. The third-order valence-corrected chi connectivity index (χ3v) is 3.43. The summed E-state index contributed by atoms with van der Waals surface area (Å²) in [6.07, 6.45) is 2.11. The van der Waals surface area contributed by atoms with Crippen LogP contribution in [0.5, 0.6) is 0 Å². The number of primary amides is 2. The molecule has 1 aliphatic rings. The van der Waals surface area contributed by atoms with Gasteiger partial charge in [-0.1, -0.05) is 13.8 Å². The maximum absolute atomic E-state index is 10.3. The Hall–Kier alpha value is -2.24. The van der Waals surface area contributed by atoms with Gasteiger partial charge >= 0.3 is 11.9 Å². The van der Waals surface area contributed by atoms with E-state index in [0.29, 0.717) is 0 Å². The van der Waals surface area contributed by atoms with Crippen LogP contribution in [0, 0.1) is 5.92 Å². The Morgan fingerprint density at radius 2 is 1.65 bits per heavy atom. The fourth-order valence-electron chi connectivity index (χ4n) is 1.62. The Bertz CT molecular complexity index is 453. The smallest absolute Gasteiger partial charge is 0.320 e. The van der Waals surface area contributed by atoms with Crippen molar-refractivity contribution in [2.75, 3.05) is 6.54 Å². The molecular formula is C15H31N5O6. The number of carbonyl (C=O) groups is 4. The minimum Gasteiger partial charge on any atom is -0.480 e. The summed E-state index contributed by atoms with van der Waals surface area (Å²) in [7, 11) is 0. The molecule has 0 unspecified atom stereocenters. The molecule has 0 radical (unpaired) electrons. The number of hydrogen-bond acceptors (Lipinski definition) is 7. The van der Waals surface area contributed by atoms with Crippen molar-refractivity contribution in [2.24, 2.45) is 28.9 Å². The Balaban J connectivity index is 0. The Morgan fingerprint density at radius 1 is 1.12 bits per heavy atom. The lowest BCUT2D eigenvalue weighted by Gasteiger charge is -2.07. The molecule has 1 aliphatic heterocycles. The summed E-state index contributed by atoms with van der Waals surface area (Å²) < 4.78 is 0. The zero-order chi connectivity index (χ0) is 20.9. The lowest BCUT2D eigenvalue weighted by molar-refractivity contribution is -0.140. The predicted octanol–water partition coefficient (Wildman–Crippen LogP) is -2.06. The van der Waals surface area contributed by atoms with E-state index in [1.807, 2.05) is 0 Å². The molecule has 1 saturated heterocycles. The van der Waals surface area contributed by atoms with Crippen molar-refractivity contribution in [3.8, 4) is 0 Å². The quantitative estimate of drug-likeness (QED) is 0.258. The number of nitrogens with two attached hydrogens (primary N) is 4. The van der Waals surface area contributed by atoms with Gasteiger partial charge in [0, 0.05) is 6.42 Å². The van der Waals surface area contributed by atoms with E-state index < -0.39 is 35.8 Å². The van der Waals surface area contributed by atoms with Crippen LogP contribution in [0.4, 0.5) is 0 Å². The second kappa shape index (κ2) is 14.0. The molecular weight excluding hydrogens is 346 g/mol. The van der Waals surface area contributed by atoms with E-state index in [0.717, 1.165) is 19.4 Å². The lowest BCUT2D eigenvalue weighted by atomic mass is 10.1. The normalized spacial score (nSPS) is 17.8. The molecule has 0 spiro atoms. The maximum atomic E-state index is 10.3. The molecule has 0 aromatic rings. The highest BCUT2D eigenvalue weighted by Gasteiger charge is 2.20. The standard InChI is InChI=1S/C5H11N3O2.C5H9NO2.C5H11NO2/c6-3(5(8)10)1-2-4(7)9;7-5(8)4-2-1-3-6-4;1-3(2)4(6)5(7)8/h3H,1-2,6H2,(H2,7,9)(H2,8,10);4,6H,1-3H2,(H,7,8);3-4H,6H2,1-2H3,(H,7,8)/t3-;2*4-/m000/s1. The van der Waals surface area contributed by atoms with Crippen molar-refractivity contribution in [3.63, 3.8) is 0 Å². The first-order valence-corrected chi connectivity index (χ1v) is 8.17. The molecule has 1 fully saturated rings. The van der Waals surface area contributed by atoms with Crippen molar-refractivity contribution >= 4 is 23.8 Å². The summed E-state index contributed by atoms with van der Waals surface area (Å²) in [5, 5.41) is 19.4. The van der Waals surface area contributed by atoms with Gasteiger partial charge in [-0.3, -0.25) is 19.2 Å². The predicted molar refractivity (Wildman–Crippen MR) is 94.7 cm³/mol. The van der Waals surface area contributed by atoms with Gasteiger partial charge in [0.1, 0.15) is 12.1 Å². The minimum atomic E-state index is -0.931. The summed E-state index contributed by atoms with van der Waals surface area (Å²) in [6, 6.07) is -1.74. The van der Waals surface area contributed by atoms with Crippen LogP contribution >= 0.6 is 0 Å². The van der Waals surface area contributed by atoms with Crippen molar-refractivity contribution in [3.05, 3.63) is 0 Å². The molecule has 0 saturated carbocycles. The summed E-state index contributed by atoms with van der Waals surface area (Å²) in [4.78, 5) is 40.6. The van der Waals surface area contributed by atoms with E-state index in [2.05, 4.69) is 5.32 Å². The molecule has 11 heteroatoms. The highest BCUT2D eigenvalue weighted by atomic mass is 16.4. The molecule has 11 N–H and O–H groups in total. The molecule has 0 aliphatic carbocycles. The fourth-order valence-corrected chi connectivity index (χ4v) is 1.62. The number of amides is 2. The van der Waals surface area contributed by atoms with Crippen LogP contribution in [0.1, 0.15) is 39.5 Å². The first kappa shape index (κ1) is 26.0. The van der Waals surface area contributed by atoms with Gasteiger partial charge in [0.2, 0.25) is 11.8 Å². The largest absolute Gasteiger partial charge is 0.480 e. The highest BCUT2D eigenvalue weighted by Crippen LogP contribution is 2.03. The molecule has 152 valence electrons. The van der Waals surface area contributed by atoms with Crippen LogP contribution in [0.3, 0.4) is 0 Å². The Labute approximate surface area is 152 Å². The number of carboxylic acid groups (broad SMARTS) is 2. The third kappa shape index (κ3) is 14.1. The van der Waals surface area contributed by atoms with E-state index in [-0.39, 0.29) is 24.8 Å². The number of rotatable bonds is 7. The van der Waals surface area contributed by atoms with Crippen LogP contribution in [0.25, 0.3) is 0 Å². The van der Waals surface area contributed by atoms with Crippen LogP contribution in [-0.2, 0) is 19.2 Å². The van der Waals surface area contributed by atoms with Crippen molar-refractivity contribution in [2.45, 2.75) is 57.7 Å². The molecule has 1 rings (SSSR count). The van der Waals surface area contributed by atoms with Gasteiger partial charge in [0.05, 0.1) is 6.04 Å². The van der Waals surface area contributed by atoms with E-state index in [9.17, 15) is 19.2 Å². The monoisotopic (exact) mass is 377 g/mol.